The van der Waals surface area contributed by atoms with Crippen molar-refractivity contribution in [2.45, 2.75) is 38.6 Å². The summed E-state index contributed by atoms with van der Waals surface area (Å²) in [6, 6.07) is 12.9. The molecule has 0 heterocycles. The third-order valence-corrected chi connectivity index (χ3v) is 5.25. The molecule has 0 amide bonds. The minimum absolute atomic E-state index is 0.122. The molecular formula is C21H29ClFN2O3P. The molecule has 1 atom stereocenters. The van der Waals surface area contributed by atoms with Gasteiger partial charge in [-0.2, -0.15) is 0 Å². The molecule has 0 fully saturated rings. The zero-order valence-electron chi connectivity index (χ0n) is 16.4. The van der Waals surface area contributed by atoms with E-state index in [-0.39, 0.29) is 12.4 Å². The molecule has 0 saturated heterocycles. The van der Waals surface area contributed by atoms with Crippen molar-refractivity contribution in [3.8, 4) is 0 Å². The molecule has 0 saturated carbocycles. The summed E-state index contributed by atoms with van der Waals surface area (Å²) in [5.74, 6) is -0.122. The number of hydrogen-bond acceptors (Lipinski definition) is 4. The Bertz CT molecular complexity index is 779. The van der Waals surface area contributed by atoms with Gasteiger partial charge < -0.3 is 20.1 Å². The van der Waals surface area contributed by atoms with E-state index in [2.05, 4.69) is 15.2 Å². The summed E-state index contributed by atoms with van der Waals surface area (Å²) in [7, 11) is -2.83. The predicted molar refractivity (Wildman–Crippen MR) is 117 cm³/mol. The van der Waals surface area contributed by atoms with Crippen LogP contribution >= 0.6 is 19.9 Å². The molecule has 2 rings (SSSR count). The van der Waals surface area contributed by atoms with Crippen molar-refractivity contribution < 1.29 is 18.4 Å². The molecule has 2 aromatic carbocycles. The largest absolute Gasteiger partial charge is 0.384 e. The fourth-order valence-corrected chi connectivity index (χ4v) is 3.53. The highest BCUT2D eigenvalue weighted by atomic mass is 35.5. The second-order valence-electron chi connectivity index (χ2n) is 6.79. The molecule has 160 valence electrons. The van der Waals surface area contributed by atoms with Crippen molar-refractivity contribution in [2.75, 3.05) is 25.0 Å². The van der Waals surface area contributed by atoms with E-state index in [9.17, 15) is 8.96 Å². The van der Waals surface area contributed by atoms with Gasteiger partial charge in [-0.05, 0) is 61.6 Å². The molecule has 0 aliphatic carbocycles. The van der Waals surface area contributed by atoms with E-state index >= 15 is 0 Å². The number of rotatable bonds is 14. The van der Waals surface area contributed by atoms with Crippen LogP contribution in [0.5, 0.6) is 0 Å². The third kappa shape index (κ3) is 9.75. The van der Waals surface area contributed by atoms with Crippen molar-refractivity contribution >= 4 is 25.5 Å². The first-order valence-corrected chi connectivity index (χ1v) is 11.5. The van der Waals surface area contributed by atoms with Crippen LogP contribution < -0.4 is 10.6 Å². The summed E-state index contributed by atoms with van der Waals surface area (Å²) in [6.45, 7) is 2.46. The predicted octanol–water partition coefficient (Wildman–Crippen LogP) is 5.18. The molecule has 0 spiro atoms. The van der Waals surface area contributed by atoms with Crippen LogP contribution in [-0.4, -0.2) is 24.6 Å². The first-order chi connectivity index (χ1) is 14.1. The molecule has 5 nitrogen and oxygen atoms in total. The monoisotopic (exact) mass is 442 g/mol. The molecule has 29 heavy (non-hydrogen) atoms. The molecule has 8 heteroatoms. The summed E-state index contributed by atoms with van der Waals surface area (Å²) in [6.07, 6.45) is 4.41. The molecule has 0 radical (unpaired) electrons. The fraction of sp³-hybridized carbons (Fsp3) is 0.429. The highest BCUT2D eigenvalue weighted by molar-refractivity contribution is 7.32. The van der Waals surface area contributed by atoms with Crippen LogP contribution in [0, 0.1) is 5.82 Å². The topological polar surface area (TPSA) is 70.6 Å². The van der Waals surface area contributed by atoms with E-state index in [1.54, 1.807) is 6.07 Å². The first kappa shape index (κ1) is 23.8. The zero-order valence-corrected chi connectivity index (χ0v) is 18.2. The number of anilines is 1. The van der Waals surface area contributed by atoms with Crippen molar-refractivity contribution in [3.05, 3.63) is 64.4 Å². The molecule has 0 bridgehead atoms. The number of benzene rings is 2. The first-order valence-electron chi connectivity index (χ1n) is 9.88. The number of hydrogen-bond donors (Lipinski definition) is 3. The van der Waals surface area contributed by atoms with Gasteiger partial charge in [0.25, 0.3) is 0 Å². The van der Waals surface area contributed by atoms with Gasteiger partial charge >= 0.3 is 8.25 Å². The van der Waals surface area contributed by atoms with Crippen molar-refractivity contribution in [1.82, 2.24) is 5.32 Å². The van der Waals surface area contributed by atoms with Crippen LogP contribution in [0.15, 0.2) is 42.5 Å². The Labute approximate surface area is 177 Å². The second kappa shape index (κ2) is 13.7. The van der Waals surface area contributed by atoms with Crippen LogP contribution in [0.4, 0.5) is 10.1 Å². The Morgan fingerprint density at radius 3 is 2.66 bits per heavy atom. The average molecular weight is 443 g/mol. The lowest BCUT2D eigenvalue weighted by atomic mass is 10.1. The number of aryl methyl sites for hydroxylation is 1. The Hall–Kier alpha value is -1.43. The number of nitrogens with one attached hydrogen (secondary N) is 2. The molecule has 1 unspecified atom stereocenters. The van der Waals surface area contributed by atoms with Gasteiger partial charge in [-0.1, -0.05) is 42.3 Å². The van der Waals surface area contributed by atoms with Crippen LogP contribution in [0.2, 0.25) is 5.02 Å². The van der Waals surface area contributed by atoms with Gasteiger partial charge in [0.1, 0.15) is 5.82 Å². The maximum Gasteiger partial charge on any atom is 0.316 e. The van der Waals surface area contributed by atoms with E-state index in [1.165, 1.54) is 6.07 Å². The van der Waals surface area contributed by atoms with Gasteiger partial charge in [0.2, 0.25) is 0 Å². The van der Waals surface area contributed by atoms with Gasteiger partial charge in [-0.3, -0.25) is 4.57 Å². The highest BCUT2D eigenvalue weighted by Gasteiger charge is 2.03. The third-order valence-electron chi connectivity index (χ3n) is 4.48. The maximum atomic E-state index is 13.6. The Morgan fingerprint density at radius 1 is 1.07 bits per heavy atom. The summed E-state index contributed by atoms with van der Waals surface area (Å²) in [5.41, 5.74) is 2.76. The lowest BCUT2D eigenvalue weighted by molar-refractivity contribution is 0.276. The maximum absolute atomic E-state index is 13.6. The van der Waals surface area contributed by atoms with Crippen LogP contribution in [-0.2, 0) is 22.1 Å². The quantitative estimate of drug-likeness (QED) is 0.278. The molecule has 2 aromatic rings. The van der Waals surface area contributed by atoms with E-state index in [4.69, 9.17) is 16.5 Å². The van der Waals surface area contributed by atoms with Gasteiger partial charge in [-0.15, -0.1) is 0 Å². The fourth-order valence-electron chi connectivity index (χ4n) is 2.94. The van der Waals surface area contributed by atoms with Crippen molar-refractivity contribution in [2.24, 2.45) is 0 Å². The molecule has 3 N–H and O–H groups in total. The SMILES string of the molecule is O=[PH](O)OCCCNCc1ccc(NCCCCCc2ccccc2F)c(Cl)c1. The van der Waals surface area contributed by atoms with Crippen molar-refractivity contribution in [3.63, 3.8) is 0 Å². The Kier molecular flexibility index (Phi) is 11.3. The minimum atomic E-state index is -2.83. The van der Waals surface area contributed by atoms with E-state index in [0.717, 1.165) is 49.0 Å². The summed E-state index contributed by atoms with van der Waals surface area (Å²) in [4.78, 5) is 8.57. The minimum Gasteiger partial charge on any atom is -0.384 e. The Balaban J connectivity index is 1.59. The number of unbranched alkanes of at least 4 members (excludes halogenated alkanes) is 2. The summed E-state index contributed by atoms with van der Waals surface area (Å²) < 4.78 is 28.6. The normalized spacial score (nSPS) is 12.1. The zero-order chi connectivity index (χ0) is 20.9. The summed E-state index contributed by atoms with van der Waals surface area (Å²) >= 11 is 6.35. The van der Waals surface area contributed by atoms with Gasteiger partial charge in [0.05, 0.1) is 17.3 Å². The van der Waals surface area contributed by atoms with E-state index < -0.39 is 8.25 Å². The van der Waals surface area contributed by atoms with Crippen LogP contribution in [0.3, 0.4) is 0 Å². The lowest BCUT2D eigenvalue weighted by Gasteiger charge is -2.11. The molecule has 0 aromatic heterocycles. The smallest absolute Gasteiger partial charge is 0.316 e. The molecule has 0 aliphatic heterocycles. The Morgan fingerprint density at radius 2 is 1.90 bits per heavy atom. The highest BCUT2D eigenvalue weighted by Crippen LogP contribution is 2.23. The molecule has 0 aliphatic rings. The van der Waals surface area contributed by atoms with Gasteiger partial charge in [0, 0.05) is 13.1 Å². The average Bonchev–Trinajstić information content (AvgIpc) is 2.69. The van der Waals surface area contributed by atoms with Crippen molar-refractivity contribution in [1.29, 1.82) is 0 Å². The van der Waals surface area contributed by atoms with E-state index in [0.29, 0.717) is 24.5 Å². The van der Waals surface area contributed by atoms with Crippen LogP contribution in [0.25, 0.3) is 0 Å². The van der Waals surface area contributed by atoms with E-state index in [1.807, 2.05) is 30.3 Å². The van der Waals surface area contributed by atoms with Crippen LogP contribution in [0.1, 0.15) is 36.8 Å². The van der Waals surface area contributed by atoms with Gasteiger partial charge in [-0.25, -0.2) is 4.39 Å². The second-order valence-corrected chi connectivity index (χ2v) is 8.02. The lowest BCUT2D eigenvalue weighted by Crippen LogP contribution is -2.16. The standard InChI is InChI=1S/C21H29ClFN2O3P/c22-19-15-17(16-24-12-6-14-28-29(26)27)10-11-21(19)25-13-5-1-2-7-18-8-3-4-9-20(18)23/h3-4,8-11,15,24-25,29H,1-2,5-7,12-14,16H2,(H,26,27). The summed E-state index contributed by atoms with van der Waals surface area (Å²) in [5, 5.41) is 7.28. The van der Waals surface area contributed by atoms with Gasteiger partial charge in [0.15, 0.2) is 0 Å². The molecular weight excluding hydrogens is 414 g/mol. The number of halogens is 2.